The average molecular weight is 276 g/mol. The third-order valence-corrected chi connectivity index (χ3v) is 4.98. The summed E-state index contributed by atoms with van der Waals surface area (Å²) in [6, 6.07) is 1.57. The SMILES string of the molecule is CCCCCS(=O)(=O)Cc1ccsc1C(=O)O. The molecule has 0 aliphatic carbocycles. The van der Waals surface area contributed by atoms with Gasteiger partial charge in [-0.25, -0.2) is 13.2 Å². The number of sulfone groups is 1. The van der Waals surface area contributed by atoms with E-state index in [4.69, 9.17) is 5.11 Å². The first-order chi connectivity index (χ1) is 7.96. The molecular formula is C11H16O4S2. The molecule has 6 heteroatoms. The van der Waals surface area contributed by atoms with Gasteiger partial charge < -0.3 is 5.11 Å². The van der Waals surface area contributed by atoms with Crippen LogP contribution in [0.2, 0.25) is 0 Å². The van der Waals surface area contributed by atoms with Gasteiger partial charge in [0.2, 0.25) is 0 Å². The number of carboxylic acid groups (broad SMARTS) is 1. The molecule has 0 unspecified atom stereocenters. The summed E-state index contributed by atoms with van der Waals surface area (Å²) in [6.45, 7) is 2.01. The second kappa shape index (κ2) is 6.16. The first kappa shape index (κ1) is 14.2. The van der Waals surface area contributed by atoms with Crippen LogP contribution in [0, 0.1) is 0 Å². The normalized spacial score (nSPS) is 11.6. The van der Waals surface area contributed by atoms with Crippen LogP contribution in [-0.2, 0) is 15.6 Å². The molecule has 17 heavy (non-hydrogen) atoms. The molecule has 0 fully saturated rings. The average Bonchev–Trinajstić information content (AvgIpc) is 2.65. The van der Waals surface area contributed by atoms with E-state index in [0.29, 0.717) is 12.0 Å². The van der Waals surface area contributed by atoms with E-state index in [1.807, 2.05) is 6.92 Å². The molecule has 96 valence electrons. The van der Waals surface area contributed by atoms with Crippen LogP contribution in [0.3, 0.4) is 0 Å². The van der Waals surface area contributed by atoms with E-state index in [1.165, 1.54) is 0 Å². The highest BCUT2D eigenvalue weighted by Gasteiger charge is 2.18. The van der Waals surface area contributed by atoms with Gasteiger partial charge in [-0.15, -0.1) is 11.3 Å². The van der Waals surface area contributed by atoms with Crippen LogP contribution in [0.15, 0.2) is 11.4 Å². The number of thiophene rings is 1. The molecule has 0 aliphatic heterocycles. The van der Waals surface area contributed by atoms with E-state index in [0.717, 1.165) is 24.2 Å². The standard InChI is InChI=1S/C11H16O4S2/c1-2-3-4-7-17(14,15)8-9-5-6-16-10(9)11(12)13/h5-6H,2-4,7-8H2,1H3,(H,12,13). The third-order valence-electron chi connectivity index (χ3n) is 2.38. The van der Waals surface area contributed by atoms with Gasteiger partial charge in [0.25, 0.3) is 0 Å². The molecule has 0 aliphatic rings. The lowest BCUT2D eigenvalue weighted by atomic mass is 10.3. The minimum atomic E-state index is -3.19. The Morgan fingerprint density at radius 2 is 2.12 bits per heavy atom. The van der Waals surface area contributed by atoms with E-state index in [1.54, 1.807) is 11.4 Å². The van der Waals surface area contributed by atoms with E-state index in [9.17, 15) is 13.2 Å². The fourth-order valence-electron chi connectivity index (χ4n) is 1.52. The molecule has 1 heterocycles. The molecule has 1 aromatic heterocycles. The molecular weight excluding hydrogens is 260 g/mol. The zero-order valence-electron chi connectivity index (χ0n) is 9.68. The van der Waals surface area contributed by atoms with Crippen molar-refractivity contribution in [1.29, 1.82) is 0 Å². The second-order valence-electron chi connectivity index (χ2n) is 3.88. The maximum Gasteiger partial charge on any atom is 0.346 e. The fraction of sp³-hybridized carbons (Fsp3) is 0.545. The van der Waals surface area contributed by atoms with Crippen molar-refractivity contribution in [2.45, 2.75) is 31.9 Å². The molecule has 1 rings (SSSR count). The Labute approximate surface area is 105 Å². The van der Waals surface area contributed by atoms with Crippen LogP contribution in [0.4, 0.5) is 0 Å². The predicted octanol–water partition coefficient (Wildman–Crippen LogP) is 2.55. The lowest BCUT2D eigenvalue weighted by molar-refractivity contribution is 0.0701. The van der Waals surface area contributed by atoms with Crippen LogP contribution in [-0.4, -0.2) is 25.2 Å². The summed E-state index contributed by atoms with van der Waals surface area (Å²) in [4.78, 5) is 11.0. The summed E-state index contributed by atoms with van der Waals surface area (Å²) in [5.74, 6) is -1.09. The third kappa shape index (κ3) is 4.47. The lowest BCUT2D eigenvalue weighted by Crippen LogP contribution is -2.11. The minimum Gasteiger partial charge on any atom is -0.477 e. The van der Waals surface area contributed by atoms with Crippen molar-refractivity contribution in [2.75, 3.05) is 5.75 Å². The highest BCUT2D eigenvalue weighted by Crippen LogP contribution is 2.20. The summed E-state index contributed by atoms with van der Waals surface area (Å²) in [6.07, 6.45) is 2.49. The predicted molar refractivity (Wildman–Crippen MR) is 68.3 cm³/mol. The quantitative estimate of drug-likeness (QED) is 0.777. The molecule has 0 amide bonds. The maximum absolute atomic E-state index is 11.8. The Balaban J connectivity index is 2.69. The van der Waals surface area contributed by atoms with Crippen molar-refractivity contribution in [3.05, 3.63) is 21.9 Å². The van der Waals surface area contributed by atoms with Crippen LogP contribution >= 0.6 is 11.3 Å². The number of rotatable bonds is 7. The van der Waals surface area contributed by atoms with Crippen molar-refractivity contribution in [1.82, 2.24) is 0 Å². The number of hydrogen-bond acceptors (Lipinski definition) is 4. The number of unbranched alkanes of at least 4 members (excludes halogenated alkanes) is 2. The Hall–Kier alpha value is -0.880. The minimum absolute atomic E-state index is 0.129. The maximum atomic E-state index is 11.8. The van der Waals surface area contributed by atoms with Gasteiger partial charge in [0.1, 0.15) is 4.88 Å². The van der Waals surface area contributed by atoms with Crippen LogP contribution < -0.4 is 0 Å². The number of aromatic carboxylic acids is 1. The van der Waals surface area contributed by atoms with E-state index >= 15 is 0 Å². The van der Waals surface area contributed by atoms with Crippen LogP contribution in [0.1, 0.15) is 41.4 Å². The fourth-order valence-corrected chi connectivity index (χ4v) is 3.87. The first-order valence-corrected chi connectivity index (χ1v) is 8.16. The topological polar surface area (TPSA) is 71.4 Å². The zero-order chi connectivity index (χ0) is 12.9. The van der Waals surface area contributed by atoms with Gasteiger partial charge in [-0.3, -0.25) is 0 Å². The van der Waals surface area contributed by atoms with Gasteiger partial charge in [-0.2, -0.15) is 0 Å². The van der Waals surface area contributed by atoms with E-state index in [2.05, 4.69) is 0 Å². The van der Waals surface area contributed by atoms with Crippen LogP contribution in [0.25, 0.3) is 0 Å². The lowest BCUT2D eigenvalue weighted by Gasteiger charge is -2.03. The summed E-state index contributed by atoms with van der Waals surface area (Å²) in [5.41, 5.74) is 0.402. The molecule has 0 spiro atoms. The van der Waals surface area contributed by atoms with Crippen molar-refractivity contribution in [3.8, 4) is 0 Å². The number of carbonyl (C=O) groups is 1. The van der Waals surface area contributed by atoms with Gasteiger partial charge in [0.05, 0.1) is 11.5 Å². The van der Waals surface area contributed by atoms with E-state index in [-0.39, 0.29) is 16.4 Å². The smallest absolute Gasteiger partial charge is 0.346 e. The van der Waals surface area contributed by atoms with Crippen molar-refractivity contribution < 1.29 is 18.3 Å². The zero-order valence-corrected chi connectivity index (χ0v) is 11.3. The summed E-state index contributed by atoms with van der Waals surface area (Å²) in [5, 5.41) is 10.5. The Morgan fingerprint density at radius 3 is 2.71 bits per heavy atom. The van der Waals surface area contributed by atoms with Crippen molar-refractivity contribution in [2.24, 2.45) is 0 Å². The Kier molecular flexibility index (Phi) is 5.14. The molecule has 0 aromatic carbocycles. The first-order valence-electron chi connectivity index (χ1n) is 5.46. The molecule has 0 saturated carbocycles. The highest BCUT2D eigenvalue weighted by molar-refractivity contribution is 7.90. The number of carboxylic acids is 1. The monoisotopic (exact) mass is 276 g/mol. The molecule has 0 saturated heterocycles. The molecule has 0 bridgehead atoms. The van der Waals surface area contributed by atoms with Crippen LogP contribution in [0.5, 0.6) is 0 Å². The van der Waals surface area contributed by atoms with Gasteiger partial charge >= 0.3 is 5.97 Å². The summed E-state index contributed by atoms with van der Waals surface area (Å²) < 4.78 is 23.5. The van der Waals surface area contributed by atoms with E-state index < -0.39 is 15.8 Å². The summed E-state index contributed by atoms with van der Waals surface area (Å²) >= 11 is 1.06. The van der Waals surface area contributed by atoms with Crippen molar-refractivity contribution >= 4 is 27.1 Å². The highest BCUT2D eigenvalue weighted by atomic mass is 32.2. The Bertz CT molecular complexity index is 473. The summed E-state index contributed by atoms with van der Waals surface area (Å²) in [7, 11) is -3.19. The molecule has 4 nitrogen and oxygen atoms in total. The largest absolute Gasteiger partial charge is 0.477 e. The Morgan fingerprint density at radius 1 is 1.41 bits per heavy atom. The number of hydrogen-bond donors (Lipinski definition) is 1. The molecule has 1 N–H and O–H groups in total. The van der Waals surface area contributed by atoms with Gasteiger partial charge in [0, 0.05) is 0 Å². The van der Waals surface area contributed by atoms with Crippen molar-refractivity contribution in [3.63, 3.8) is 0 Å². The van der Waals surface area contributed by atoms with Gasteiger partial charge in [-0.05, 0) is 23.4 Å². The second-order valence-corrected chi connectivity index (χ2v) is 6.98. The molecule has 0 radical (unpaired) electrons. The molecule has 0 atom stereocenters. The van der Waals surface area contributed by atoms with Gasteiger partial charge in [0.15, 0.2) is 9.84 Å². The molecule has 1 aromatic rings. The van der Waals surface area contributed by atoms with Gasteiger partial charge in [-0.1, -0.05) is 19.8 Å².